The normalized spacial score (nSPS) is 11.4. The number of hydrogen-bond acceptors (Lipinski definition) is 4. The number of hydrogen-bond donors (Lipinski definition) is 3. The van der Waals surface area contributed by atoms with Crippen LogP contribution in [0.5, 0.6) is 0 Å². The van der Waals surface area contributed by atoms with E-state index in [2.05, 4.69) is 10.6 Å². The summed E-state index contributed by atoms with van der Waals surface area (Å²) in [5.74, 6) is -1.49. The summed E-state index contributed by atoms with van der Waals surface area (Å²) in [6.45, 7) is 0.640. The number of halogens is 2. The highest BCUT2D eigenvalue weighted by atomic mass is 35.5. The maximum atomic E-state index is 12.1. The van der Waals surface area contributed by atoms with Crippen molar-refractivity contribution in [2.75, 3.05) is 6.54 Å². The summed E-state index contributed by atoms with van der Waals surface area (Å²) in [6.07, 6.45) is 1.71. The van der Waals surface area contributed by atoms with E-state index in [0.29, 0.717) is 41.4 Å². The Balaban J connectivity index is 1.61. The topological polar surface area (TPSA) is 105 Å². The predicted octanol–water partition coefficient (Wildman–Crippen LogP) is 4.59. The van der Waals surface area contributed by atoms with E-state index in [-0.39, 0.29) is 25.4 Å². The zero-order chi connectivity index (χ0) is 23.3. The number of carboxylic acids is 1. The van der Waals surface area contributed by atoms with Crippen molar-refractivity contribution in [1.29, 1.82) is 0 Å². The lowest BCUT2D eigenvalue weighted by molar-refractivity contribution is -0.141. The summed E-state index contributed by atoms with van der Waals surface area (Å²) >= 11 is 11.9. The Bertz CT molecular complexity index is 909. The fourth-order valence-electron chi connectivity index (χ4n) is 2.93. The Kier molecular flexibility index (Phi) is 10.8. The molecule has 0 saturated carbocycles. The molecule has 2 amide bonds. The van der Waals surface area contributed by atoms with E-state index < -0.39 is 18.1 Å². The van der Waals surface area contributed by atoms with E-state index in [1.165, 1.54) is 6.07 Å². The van der Waals surface area contributed by atoms with Crippen molar-refractivity contribution in [2.45, 2.75) is 44.8 Å². The predicted molar refractivity (Wildman–Crippen MR) is 123 cm³/mol. The second-order valence-electron chi connectivity index (χ2n) is 7.20. The summed E-state index contributed by atoms with van der Waals surface area (Å²) in [7, 11) is 0. The van der Waals surface area contributed by atoms with E-state index in [0.717, 1.165) is 5.56 Å². The fourth-order valence-corrected chi connectivity index (χ4v) is 3.41. The lowest BCUT2D eigenvalue weighted by Gasteiger charge is -2.15. The van der Waals surface area contributed by atoms with Crippen molar-refractivity contribution in [1.82, 2.24) is 10.6 Å². The first-order valence-electron chi connectivity index (χ1n) is 10.3. The molecule has 172 valence electrons. The summed E-state index contributed by atoms with van der Waals surface area (Å²) in [5, 5.41) is 15.4. The molecule has 0 heterocycles. The SMILES string of the molecule is O=C(CCCCCNC(=O)OCc1ccccc1)N[C@@H](Cc1ccc(Cl)cc1Cl)C(=O)O. The number of carboxylic acid groups (broad SMARTS) is 1. The van der Waals surface area contributed by atoms with Gasteiger partial charge in [0.15, 0.2) is 0 Å². The molecule has 0 fully saturated rings. The maximum absolute atomic E-state index is 12.1. The molecular formula is C23H26Cl2N2O5. The van der Waals surface area contributed by atoms with Crippen LogP contribution in [0, 0.1) is 0 Å². The van der Waals surface area contributed by atoms with E-state index in [4.69, 9.17) is 27.9 Å². The quantitative estimate of drug-likeness (QED) is 0.385. The van der Waals surface area contributed by atoms with Crippen molar-refractivity contribution < 1.29 is 24.2 Å². The van der Waals surface area contributed by atoms with E-state index in [1.807, 2.05) is 30.3 Å². The van der Waals surface area contributed by atoms with Gasteiger partial charge in [-0.3, -0.25) is 4.79 Å². The number of rotatable bonds is 12. The van der Waals surface area contributed by atoms with Gasteiger partial charge in [-0.25, -0.2) is 9.59 Å². The molecule has 2 aromatic carbocycles. The first-order chi connectivity index (χ1) is 15.3. The van der Waals surface area contributed by atoms with Crippen LogP contribution in [0.1, 0.15) is 36.8 Å². The molecule has 2 aromatic rings. The molecule has 0 aliphatic heterocycles. The number of carbonyl (C=O) groups excluding carboxylic acids is 2. The standard InChI is InChI=1S/C23H26Cl2N2O5/c24-18-11-10-17(19(25)14-18)13-20(22(29)30)27-21(28)9-5-2-6-12-26-23(31)32-15-16-7-3-1-4-8-16/h1,3-4,7-8,10-11,14,20H,2,5-6,9,12-13,15H2,(H,26,31)(H,27,28)(H,29,30)/t20-/m0/s1. The third-order valence-electron chi connectivity index (χ3n) is 4.64. The molecular weight excluding hydrogens is 455 g/mol. The molecule has 0 aliphatic rings. The zero-order valence-corrected chi connectivity index (χ0v) is 19.0. The number of benzene rings is 2. The summed E-state index contributed by atoms with van der Waals surface area (Å²) in [5.41, 5.74) is 1.50. The lowest BCUT2D eigenvalue weighted by atomic mass is 10.1. The number of aliphatic carboxylic acids is 1. The largest absolute Gasteiger partial charge is 0.480 e. The van der Waals surface area contributed by atoms with Gasteiger partial charge in [-0.1, -0.05) is 66.0 Å². The van der Waals surface area contributed by atoms with Crippen LogP contribution in [-0.4, -0.2) is 35.7 Å². The Hall–Kier alpha value is -2.77. The molecule has 7 nitrogen and oxygen atoms in total. The Morgan fingerprint density at radius 1 is 1.00 bits per heavy atom. The zero-order valence-electron chi connectivity index (χ0n) is 17.5. The third kappa shape index (κ3) is 9.58. The Labute approximate surface area is 197 Å². The molecule has 0 aromatic heterocycles. The minimum Gasteiger partial charge on any atom is -0.480 e. The number of carbonyl (C=O) groups is 3. The average molecular weight is 481 g/mol. The third-order valence-corrected chi connectivity index (χ3v) is 5.22. The number of unbranched alkanes of at least 4 members (excludes halogenated alkanes) is 2. The van der Waals surface area contributed by atoms with Gasteiger partial charge in [-0.2, -0.15) is 0 Å². The van der Waals surface area contributed by atoms with Crippen LogP contribution < -0.4 is 10.6 Å². The van der Waals surface area contributed by atoms with Crippen LogP contribution >= 0.6 is 23.2 Å². The van der Waals surface area contributed by atoms with E-state index in [9.17, 15) is 19.5 Å². The molecule has 0 saturated heterocycles. The van der Waals surface area contributed by atoms with Crippen molar-refractivity contribution >= 4 is 41.2 Å². The minimum absolute atomic E-state index is 0.0616. The number of nitrogens with one attached hydrogen (secondary N) is 2. The van der Waals surface area contributed by atoms with Crippen LogP contribution in [0.15, 0.2) is 48.5 Å². The van der Waals surface area contributed by atoms with Gasteiger partial charge in [-0.05, 0) is 36.1 Å². The molecule has 32 heavy (non-hydrogen) atoms. The van der Waals surface area contributed by atoms with Crippen molar-refractivity contribution in [3.63, 3.8) is 0 Å². The smallest absolute Gasteiger partial charge is 0.407 e. The van der Waals surface area contributed by atoms with Gasteiger partial charge in [0.2, 0.25) is 5.91 Å². The Morgan fingerprint density at radius 3 is 2.44 bits per heavy atom. The first-order valence-corrected chi connectivity index (χ1v) is 11.0. The highest BCUT2D eigenvalue weighted by molar-refractivity contribution is 6.35. The monoisotopic (exact) mass is 480 g/mol. The van der Waals surface area contributed by atoms with Crippen molar-refractivity contribution in [3.8, 4) is 0 Å². The van der Waals surface area contributed by atoms with Gasteiger partial charge < -0.3 is 20.5 Å². The van der Waals surface area contributed by atoms with Crippen LogP contribution in [0.4, 0.5) is 4.79 Å². The summed E-state index contributed by atoms with van der Waals surface area (Å²) in [6, 6.07) is 13.1. The summed E-state index contributed by atoms with van der Waals surface area (Å²) < 4.78 is 5.12. The second-order valence-corrected chi connectivity index (χ2v) is 8.04. The molecule has 0 spiro atoms. The highest BCUT2D eigenvalue weighted by Gasteiger charge is 2.21. The molecule has 9 heteroatoms. The fraction of sp³-hybridized carbons (Fsp3) is 0.348. The van der Waals surface area contributed by atoms with Gasteiger partial charge in [-0.15, -0.1) is 0 Å². The molecule has 0 radical (unpaired) electrons. The molecule has 0 unspecified atom stereocenters. The molecule has 0 aliphatic carbocycles. The maximum Gasteiger partial charge on any atom is 0.407 e. The molecule has 2 rings (SSSR count). The number of amides is 2. The molecule has 0 bridgehead atoms. The van der Waals surface area contributed by atoms with Crippen LogP contribution in [-0.2, 0) is 27.4 Å². The number of ether oxygens (including phenoxy) is 1. The van der Waals surface area contributed by atoms with Crippen molar-refractivity contribution in [2.24, 2.45) is 0 Å². The van der Waals surface area contributed by atoms with E-state index in [1.54, 1.807) is 12.1 Å². The van der Waals surface area contributed by atoms with Gasteiger partial charge in [0.1, 0.15) is 12.6 Å². The second kappa shape index (κ2) is 13.6. The van der Waals surface area contributed by atoms with Crippen LogP contribution in [0.3, 0.4) is 0 Å². The Morgan fingerprint density at radius 2 is 1.75 bits per heavy atom. The highest BCUT2D eigenvalue weighted by Crippen LogP contribution is 2.22. The molecule has 1 atom stereocenters. The van der Waals surface area contributed by atoms with Gasteiger partial charge in [0.05, 0.1) is 0 Å². The van der Waals surface area contributed by atoms with Crippen LogP contribution in [0.2, 0.25) is 10.0 Å². The molecule has 3 N–H and O–H groups in total. The van der Waals surface area contributed by atoms with Gasteiger partial charge in [0, 0.05) is 29.4 Å². The number of alkyl carbamates (subject to hydrolysis) is 1. The van der Waals surface area contributed by atoms with Crippen LogP contribution in [0.25, 0.3) is 0 Å². The van der Waals surface area contributed by atoms with E-state index >= 15 is 0 Å². The van der Waals surface area contributed by atoms with Crippen molar-refractivity contribution in [3.05, 3.63) is 69.7 Å². The lowest BCUT2D eigenvalue weighted by Crippen LogP contribution is -2.42. The summed E-state index contributed by atoms with van der Waals surface area (Å²) in [4.78, 5) is 35.3. The first kappa shape index (κ1) is 25.5. The van der Waals surface area contributed by atoms with Gasteiger partial charge in [0.25, 0.3) is 0 Å². The average Bonchev–Trinajstić information content (AvgIpc) is 2.76. The minimum atomic E-state index is -1.14. The van der Waals surface area contributed by atoms with Gasteiger partial charge >= 0.3 is 12.1 Å².